The Morgan fingerprint density at radius 1 is 1.15 bits per heavy atom. The topological polar surface area (TPSA) is 38.9 Å². The summed E-state index contributed by atoms with van der Waals surface area (Å²) < 4.78 is 50.2. The van der Waals surface area contributed by atoms with Crippen LogP contribution in [0.4, 0.5) is 23.2 Å². The second-order valence-corrected chi connectivity index (χ2v) is 5.06. The average Bonchev–Trinajstić information content (AvgIpc) is 2.35. The number of anilines is 1. The molecule has 2 N–H and O–H groups in total. The second-order valence-electron chi connectivity index (χ2n) is 4.06. The van der Waals surface area contributed by atoms with Gasteiger partial charge >= 0.3 is 6.18 Å². The second kappa shape index (κ2) is 5.70. The van der Waals surface area contributed by atoms with Crippen molar-refractivity contribution < 1.29 is 17.6 Å². The number of halogens is 4. The number of alkyl halides is 3. The van der Waals surface area contributed by atoms with Crippen LogP contribution in [0.15, 0.2) is 41.6 Å². The minimum Gasteiger partial charge on any atom is -0.399 e. The summed E-state index contributed by atoms with van der Waals surface area (Å²) in [6, 6.07) is 6.39. The first kappa shape index (κ1) is 14.6. The van der Waals surface area contributed by atoms with Crippen molar-refractivity contribution in [2.75, 3.05) is 5.73 Å². The van der Waals surface area contributed by atoms with E-state index >= 15 is 0 Å². The molecule has 0 bridgehead atoms. The number of aromatic nitrogens is 1. The van der Waals surface area contributed by atoms with E-state index in [0.29, 0.717) is 22.0 Å². The summed E-state index contributed by atoms with van der Waals surface area (Å²) in [6.45, 7) is 0. The van der Waals surface area contributed by atoms with E-state index in [1.807, 2.05) is 0 Å². The van der Waals surface area contributed by atoms with Crippen LogP contribution in [0.1, 0.15) is 11.1 Å². The Kier molecular flexibility index (Phi) is 4.17. The van der Waals surface area contributed by atoms with Crippen LogP contribution in [0, 0.1) is 5.82 Å². The average molecular weight is 302 g/mol. The van der Waals surface area contributed by atoms with E-state index < -0.39 is 17.6 Å². The van der Waals surface area contributed by atoms with E-state index in [0.717, 1.165) is 12.3 Å². The van der Waals surface area contributed by atoms with Crippen LogP contribution in [-0.4, -0.2) is 4.98 Å². The van der Waals surface area contributed by atoms with Gasteiger partial charge in [0.2, 0.25) is 0 Å². The number of hydrogen-bond donors (Lipinski definition) is 1. The predicted molar refractivity (Wildman–Crippen MR) is 69.6 cm³/mol. The predicted octanol–water partition coefficient (Wildman–Crippen LogP) is 4.11. The number of pyridine rings is 1. The van der Waals surface area contributed by atoms with Gasteiger partial charge < -0.3 is 5.73 Å². The molecule has 2 nitrogen and oxygen atoms in total. The summed E-state index contributed by atoms with van der Waals surface area (Å²) in [5.74, 6) is -0.0682. The Labute approximate surface area is 117 Å². The van der Waals surface area contributed by atoms with Crippen LogP contribution in [-0.2, 0) is 11.9 Å². The van der Waals surface area contributed by atoms with Crippen molar-refractivity contribution in [2.24, 2.45) is 0 Å². The van der Waals surface area contributed by atoms with Gasteiger partial charge in [0.15, 0.2) is 0 Å². The third kappa shape index (κ3) is 3.86. The number of nitrogens with two attached hydrogens (primary N) is 1. The zero-order chi connectivity index (χ0) is 14.8. The highest BCUT2D eigenvalue weighted by Gasteiger charge is 2.30. The molecule has 0 saturated heterocycles. The molecule has 0 amide bonds. The number of nitrogen functional groups attached to an aromatic ring is 1. The van der Waals surface area contributed by atoms with Crippen molar-refractivity contribution >= 4 is 17.4 Å². The van der Waals surface area contributed by atoms with Gasteiger partial charge in [0, 0.05) is 17.6 Å². The van der Waals surface area contributed by atoms with Crippen molar-refractivity contribution in [1.29, 1.82) is 0 Å². The van der Waals surface area contributed by atoms with Crippen LogP contribution < -0.4 is 5.73 Å². The summed E-state index contributed by atoms with van der Waals surface area (Å²) in [7, 11) is 0. The Bertz CT molecular complexity index is 576. The Balaban J connectivity index is 2.04. The lowest BCUT2D eigenvalue weighted by Crippen LogP contribution is -2.05. The van der Waals surface area contributed by atoms with Crippen LogP contribution in [0.5, 0.6) is 0 Å². The monoisotopic (exact) mass is 302 g/mol. The molecule has 0 atom stereocenters. The fourth-order valence-electron chi connectivity index (χ4n) is 1.55. The molecule has 0 fully saturated rings. The lowest BCUT2D eigenvalue weighted by Gasteiger charge is -2.07. The fraction of sp³-hybridized carbons (Fsp3) is 0.154. The highest BCUT2D eigenvalue weighted by atomic mass is 32.2. The van der Waals surface area contributed by atoms with Gasteiger partial charge in [-0.15, -0.1) is 11.8 Å². The van der Waals surface area contributed by atoms with Crippen molar-refractivity contribution in [2.45, 2.75) is 17.0 Å². The van der Waals surface area contributed by atoms with Gasteiger partial charge in [-0.3, -0.25) is 0 Å². The molecule has 0 saturated carbocycles. The molecular weight excluding hydrogens is 292 g/mol. The Morgan fingerprint density at radius 2 is 1.90 bits per heavy atom. The van der Waals surface area contributed by atoms with Gasteiger partial charge in [-0.2, -0.15) is 13.2 Å². The molecule has 1 aromatic carbocycles. The van der Waals surface area contributed by atoms with Crippen LogP contribution in [0.3, 0.4) is 0 Å². The van der Waals surface area contributed by atoms with Crippen LogP contribution in [0.25, 0.3) is 0 Å². The fourth-order valence-corrected chi connectivity index (χ4v) is 2.32. The molecule has 0 unspecified atom stereocenters. The molecule has 0 spiro atoms. The molecule has 1 heterocycles. The molecule has 2 aromatic rings. The largest absolute Gasteiger partial charge is 0.417 e. The summed E-state index contributed by atoms with van der Waals surface area (Å²) in [4.78, 5) is 3.72. The molecule has 0 aliphatic heterocycles. The molecule has 0 aliphatic rings. The summed E-state index contributed by atoms with van der Waals surface area (Å²) >= 11 is 1.21. The minimum absolute atomic E-state index is 0.306. The van der Waals surface area contributed by atoms with E-state index in [1.54, 1.807) is 6.07 Å². The molecule has 0 radical (unpaired) electrons. The molecule has 106 valence electrons. The van der Waals surface area contributed by atoms with Crippen molar-refractivity contribution in [3.63, 3.8) is 0 Å². The first-order valence-electron chi connectivity index (χ1n) is 5.55. The lowest BCUT2D eigenvalue weighted by atomic mass is 10.2. The summed E-state index contributed by atoms with van der Waals surface area (Å²) in [5.41, 5.74) is 5.67. The maximum Gasteiger partial charge on any atom is 0.417 e. The van der Waals surface area contributed by atoms with E-state index in [9.17, 15) is 17.6 Å². The van der Waals surface area contributed by atoms with Gasteiger partial charge in [0.05, 0.1) is 10.6 Å². The van der Waals surface area contributed by atoms with E-state index in [-0.39, 0.29) is 0 Å². The summed E-state index contributed by atoms with van der Waals surface area (Å²) in [5, 5.41) is 0.431. The first-order chi connectivity index (χ1) is 9.34. The maximum absolute atomic E-state index is 13.1. The number of rotatable bonds is 3. The SMILES string of the molecule is Nc1cc(F)cc(CSc2ccc(C(F)(F)F)cn2)c1. The standard InChI is InChI=1S/C13H10F4N2S/c14-10-3-8(4-11(18)5-10)7-20-12-2-1-9(6-19-12)13(15,16)17/h1-6H,7,18H2. The number of nitrogens with zero attached hydrogens (tertiary/aromatic N) is 1. The lowest BCUT2D eigenvalue weighted by molar-refractivity contribution is -0.137. The van der Waals surface area contributed by atoms with Gasteiger partial charge in [0.1, 0.15) is 5.82 Å². The number of benzene rings is 1. The van der Waals surface area contributed by atoms with Crippen LogP contribution >= 0.6 is 11.8 Å². The van der Waals surface area contributed by atoms with Crippen molar-refractivity contribution in [1.82, 2.24) is 4.98 Å². The molecular formula is C13H10F4N2S. The first-order valence-corrected chi connectivity index (χ1v) is 6.54. The van der Waals surface area contributed by atoms with Gasteiger partial charge in [0.25, 0.3) is 0 Å². The highest BCUT2D eigenvalue weighted by Crippen LogP contribution is 2.30. The normalized spacial score (nSPS) is 11.6. The van der Waals surface area contributed by atoms with Gasteiger partial charge in [-0.1, -0.05) is 0 Å². The minimum atomic E-state index is -4.40. The van der Waals surface area contributed by atoms with E-state index in [2.05, 4.69) is 4.98 Å². The van der Waals surface area contributed by atoms with E-state index in [4.69, 9.17) is 5.73 Å². The molecule has 20 heavy (non-hydrogen) atoms. The van der Waals surface area contributed by atoms with E-state index in [1.165, 1.54) is 30.0 Å². The smallest absolute Gasteiger partial charge is 0.399 e. The third-order valence-electron chi connectivity index (χ3n) is 2.43. The number of hydrogen-bond acceptors (Lipinski definition) is 3. The van der Waals surface area contributed by atoms with Crippen LogP contribution in [0.2, 0.25) is 0 Å². The van der Waals surface area contributed by atoms with Gasteiger partial charge in [-0.05, 0) is 35.9 Å². The molecule has 1 aromatic heterocycles. The molecule has 0 aliphatic carbocycles. The van der Waals surface area contributed by atoms with Gasteiger partial charge in [-0.25, -0.2) is 9.37 Å². The zero-order valence-corrected chi connectivity index (χ0v) is 10.9. The third-order valence-corrected chi connectivity index (χ3v) is 3.45. The Morgan fingerprint density at radius 3 is 2.45 bits per heavy atom. The van der Waals surface area contributed by atoms with Crippen molar-refractivity contribution in [3.05, 3.63) is 53.5 Å². The zero-order valence-electron chi connectivity index (χ0n) is 10.1. The Hall–Kier alpha value is -1.76. The highest BCUT2D eigenvalue weighted by molar-refractivity contribution is 7.98. The maximum atomic E-state index is 13.1. The molecule has 2 rings (SSSR count). The summed E-state index contributed by atoms with van der Waals surface area (Å²) in [6.07, 6.45) is -3.62. The van der Waals surface area contributed by atoms with Crippen molar-refractivity contribution in [3.8, 4) is 0 Å². The quantitative estimate of drug-likeness (QED) is 0.527. The molecule has 7 heteroatoms. The number of thioether (sulfide) groups is 1.